The van der Waals surface area contributed by atoms with Crippen LogP contribution in [-0.4, -0.2) is 31.2 Å². The van der Waals surface area contributed by atoms with Crippen molar-refractivity contribution in [3.63, 3.8) is 0 Å². The molecule has 24 heavy (non-hydrogen) atoms. The standard InChI is InChI=1S/C15H13Cl2N5OS/c1-10-19-20-15(22(10)21-7-2-3-8-21)24-9-13(23)18-14-11(16)5-4-6-12(14)17/h2-8H,9H2,1H3,(H,18,23). The molecule has 0 aliphatic rings. The number of nitrogens with zero attached hydrogens (tertiary/aromatic N) is 4. The number of thioether (sulfide) groups is 1. The van der Waals surface area contributed by atoms with E-state index in [0.29, 0.717) is 20.9 Å². The monoisotopic (exact) mass is 381 g/mol. The second-order valence-electron chi connectivity index (χ2n) is 4.84. The first-order valence-electron chi connectivity index (χ1n) is 6.98. The van der Waals surface area contributed by atoms with Crippen molar-refractivity contribution in [2.75, 3.05) is 11.1 Å². The Bertz CT molecular complexity index is 843. The number of halogens is 2. The number of hydrogen-bond donors (Lipinski definition) is 1. The number of benzene rings is 1. The van der Waals surface area contributed by atoms with Crippen LogP contribution in [0.15, 0.2) is 47.9 Å². The zero-order valence-corrected chi connectivity index (χ0v) is 14.9. The number of amides is 1. The molecule has 0 aliphatic carbocycles. The van der Waals surface area contributed by atoms with Gasteiger partial charge >= 0.3 is 0 Å². The second kappa shape index (κ2) is 7.29. The summed E-state index contributed by atoms with van der Waals surface area (Å²) in [5, 5.41) is 12.3. The minimum absolute atomic E-state index is 0.154. The molecule has 1 aromatic carbocycles. The van der Waals surface area contributed by atoms with Crippen molar-refractivity contribution in [3.05, 3.63) is 58.6 Å². The van der Waals surface area contributed by atoms with Gasteiger partial charge in [-0.3, -0.25) is 9.47 Å². The third-order valence-electron chi connectivity index (χ3n) is 3.15. The molecule has 2 heterocycles. The van der Waals surface area contributed by atoms with Gasteiger partial charge in [-0.05, 0) is 31.2 Å². The van der Waals surface area contributed by atoms with Crippen molar-refractivity contribution in [1.82, 2.24) is 19.5 Å². The molecule has 1 amide bonds. The summed E-state index contributed by atoms with van der Waals surface area (Å²) in [7, 11) is 0. The molecule has 6 nitrogen and oxygen atoms in total. The van der Waals surface area contributed by atoms with E-state index in [2.05, 4.69) is 15.5 Å². The normalized spacial score (nSPS) is 10.8. The zero-order valence-electron chi connectivity index (χ0n) is 12.6. The minimum Gasteiger partial charge on any atom is -0.323 e. The lowest BCUT2D eigenvalue weighted by Crippen LogP contribution is -2.16. The van der Waals surface area contributed by atoms with Crippen molar-refractivity contribution in [3.8, 4) is 0 Å². The van der Waals surface area contributed by atoms with Crippen LogP contribution in [0.5, 0.6) is 0 Å². The predicted octanol–water partition coefficient (Wildman–Crippen LogP) is 3.74. The fourth-order valence-corrected chi connectivity index (χ4v) is 3.35. The largest absolute Gasteiger partial charge is 0.323 e. The van der Waals surface area contributed by atoms with Crippen molar-refractivity contribution >= 4 is 46.6 Å². The van der Waals surface area contributed by atoms with Gasteiger partial charge in [0.1, 0.15) is 0 Å². The Kier molecular flexibility index (Phi) is 5.13. The first-order valence-corrected chi connectivity index (χ1v) is 8.72. The topological polar surface area (TPSA) is 64.7 Å². The van der Waals surface area contributed by atoms with Crippen LogP contribution in [0.1, 0.15) is 5.82 Å². The highest BCUT2D eigenvalue weighted by Gasteiger charge is 2.14. The number of nitrogens with one attached hydrogen (secondary N) is 1. The predicted molar refractivity (Wildman–Crippen MR) is 95.8 cm³/mol. The number of hydrogen-bond acceptors (Lipinski definition) is 4. The maximum Gasteiger partial charge on any atom is 0.234 e. The number of aryl methyl sites for hydroxylation is 1. The van der Waals surface area contributed by atoms with Crippen molar-refractivity contribution < 1.29 is 4.79 Å². The molecular formula is C15H13Cl2N5OS. The van der Waals surface area contributed by atoms with Crippen LogP contribution in [0.25, 0.3) is 0 Å². The van der Waals surface area contributed by atoms with Gasteiger partial charge in [-0.2, -0.15) is 0 Å². The third kappa shape index (κ3) is 3.58. The summed E-state index contributed by atoms with van der Waals surface area (Å²) in [5.74, 6) is 0.652. The van der Waals surface area contributed by atoms with Crippen LogP contribution in [0.4, 0.5) is 5.69 Å². The SMILES string of the molecule is Cc1nnc(SCC(=O)Nc2c(Cl)cccc2Cl)n1-n1cccc1. The third-order valence-corrected chi connectivity index (χ3v) is 4.70. The molecule has 0 aliphatic heterocycles. The first-order chi connectivity index (χ1) is 11.6. The zero-order chi connectivity index (χ0) is 17.1. The lowest BCUT2D eigenvalue weighted by molar-refractivity contribution is -0.113. The summed E-state index contributed by atoms with van der Waals surface area (Å²) in [6.07, 6.45) is 3.76. The average Bonchev–Trinajstić information content (AvgIpc) is 3.18. The molecule has 0 fully saturated rings. The summed E-state index contributed by atoms with van der Waals surface area (Å²) in [5.41, 5.74) is 0.412. The Morgan fingerprint density at radius 1 is 1.17 bits per heavy atom. The molecule has 0 bridgehead atoms. The maximum absolute atomic E-state index is 12.2. The number of para-hydroxylation sites is 1. The molecule has 1 N–H and O–H groups in total. The fraction of sp³-hybridized carbons (Fsp3) is 0.133. The Balaban J connectivity index is 1.70. The molecule has 0 spiro atoms. The summed E-state index contributed by atoms with van der Waals surface area (Å²) >= 11 is 13.4. The van der Waals surface area contributed by atoms with Crippen molar-refractivity contribution in [1.29, 1.82) is 0 Å². The van der Waals surface area contributed by atoms with Gasteiger partial charge in [0.15, 0.2) is 5.82 Å². The lowest BCUT2D eigenvalue weighted by atomic mass is 10.3. The van der Waals surface area contributed by atoms with E-state index in [9.17, 15) is 4.79 Å². The van der Waals surface area contributed by atoms with Gasteiger partial charge in [-0.15, -0.1) is 10.2 Å². The van der Waals surface area contributed by atoms with Gasteiger partial charge in [0.05, 0.1) is 21.5 Å². The van der Waals surface area contributed by atoms with Gasteiger partial charge in [0.2, 0.25) is 11.1 Å². The fourth-order valence-electron chi connectivity index (χ4n) is 2.08. The molecule has 9 heteroatoms. The van der Waals surface area contributed by atoms with E-state index < -0.39 is 0 Å². The quantitative estimate of drug-likeness (QED) is 0.683. The Labute approximate surface area is 152 Å². The lowest BCUT2D eigenvalue weighted by Gasteiger charge is -2.10. The molecule has 0 saturated carbocycles. The molecule has 3 aromatic rings. The highest BCUT2D eigenvalue weighted by Crippen LogP contribution is 2.30. The molecule has 0 atom stereocenters. The second-order valence-corrected chi connectivity index (χ2v) is 6.60. The van der Waals surface area contributed by atoms with Crippen molar-refractivity contribution in [2.24, 2.45) is 0 Å². The molecule has 3 rings (SSSR count). The Morgan fingerprint density at radius 2 is 1.83 bits per heavy atom. The van der Waals surface area contributed by atoms with Crippen LogP contribution in [-0.2, 0) is 4.79 Å². The van der Waals surface area contributed by atoms with Gasteiger partial charge < -0.3 is 5.32 Å². The molecule has 0 unspecified atom stereocenters. The van der Waals surface area contributed by atoms with Gasteiger partial charge in [-0.1, -0.05) is 41.0 Å². The van der Waals surface area contributed by atoms with Crippen LogP contribution in [0.3, 0.4) is 0 Å². The Morgan fingerprint density at radius 3 is 2.50 bits per heavy atom. The number of carbonyl (C=O) groups is 1. The number of aromatic nitrogens is 4. The minimum atomic E-state index is -0.227. The van der Waals surface area contributed by atoms with Crippen LogP contribution in [0, 0.1) is 6.92 Å². The van der Waals surface area contributed by atoms with Crippen LogP contribution >= 0.6 is 35.0 Å². The molecule has 124 valence electrons. The molecular weight excluding hydrogens is 369 g/mol. The van der Waals surface area contributed by atoms with Gasteiger partial charge in [-0.25, -0.2) is 4.68 Å². The molecule has 2 aromatic heterocycles. The number of carbonyl (C=O) groups excluding carboxylic acids is 1. The van der Waals surface area contributed by atoms with E-state index in [1.807, 2.05) is 40.8 Å². The van der Waals surface area contributed by atoms with Crippen LogP contribution < -0.4 is 5.32 Å². The van der Waals surface area contributed by atoms with Gasteiger partial charge in [0, 0.05) is 12.4 Å². The van der Waals surface area contributed by atoms with E-state index >= 15 is 0 Å². The van der Waals surface area contributed by atoms with E-state index in [1.165, 1.54) is 11.8 Å². The smallest absolute Gasteiger partial charge is 0.234 e. The van der Waals surface area contributed by atoms with E-state index in [4.69, 9.17) is 23.2 Å². The summed E-state index contributed by atoms with van der Waals surface area (Å²) < 4.78 is 3.67. The van der Waals surface area contributed by atoms with Crippen molar-refractivity contribution in [2.45, 2.75) is 12.1 Å². The van der Waals surface area contributed by atoms with Gasteiger partial charge in [0.25, 0.3) is 0 Å². The average molecular weight is 382 g/mol. The maximum atomic E-state index is 12.2. The van der Waals surface area contributed by atoms with E-state index in [-0.39, 0.29) is 11.7 Å². The Hall–Kier alpha value is -1.96. The van der Waals surface area contributed by atoms with E-state index in [1.54, 1.807) is 18.2 Å². The highest BCUT2D eigenvalue weighted by atomic mass is 35.5. The van der Waals surface area contributed by atoms with Crippen LogP contribution in [0.2, 0.25) is 10.0 Å². The van der Waals surface area contributed by atoms with E-state index in [0.717, 1.165) is 5.82 Å². The summed E-state index contributed by atoms with van der Waals surface area (Å²) in [6.45, 7) is 1.85. The number of rotatable bonds is 5. The molecule has 0 radical (unpaired) electrons. The summed E-state index contributed by atoms with van der Waals surface area (Å²) in [4.78, 5) is 12.2. The highest BCUT2D eigenvalue weighted by molar-refractivity contribution is 7.99. The first kappa shape index (κ1) is 16.9. The number of anilines is 1. The molecule has 0 saturated heterocycles. The summed E-state index contributed by atoms with van der Waals surface area (Å²) in [6, 6.07) is 8.86.